The van der Waals surface area contributed by atoms with E-state index in [0.717, 1.165) is 15.8 Å². The van der Waals surface area contributed by atoms with Crippen LogP contribution in [-0.4, -0.2) is 12.1 Å². The summed E-state index contributed by atoms with van der Waals surface area (Å²) in [6, 6.07) is 5.76. The predicted octanol–water partition coefficient (Wildman–Crippen LogP) is 2.29. The third kappa shape index (κ3) is 2.97. The molecular weight excluding hydrogens is 250 g/mol. The van der Waals surface area contributed by atoms with Gasteiger partial charge in [0.2, 0.25) is 0 Å². The normalized spacial score (nSPS) is 9.69. The zero-order chi connectivity index (χ0) is 9.84. The van der Waals surface area contributed by atoms with Gasteiger partial charge < -0.3 is 10.5 Å². The van der Waals surface area contributed by atoms with E-state index >= 15 is 0 Å². The summed E-state index contributed by atoms with van der Waals surface area (Å²) >= 11 is 8.21. The van der Waals surface area contributed by atoms with Gasteiger partial charge in [-0.3, -0.25) is 0 Å². The number of hydrogen-bond donors (Lipinski definition) is 1. The van der Waals surface area contributed by atoms with E-state index in [2.05, 4.69) is 15.9 Å². The number of ether oxygens (including phenoxy) is 1. The molecule has 0 saturated heterocycles. The number of halogens is 1. The van der Waals surface area contributed by atoms with Crippen LogP contribution < -0.4 is 10.5 Å². The van der Waals surface area contributed by atoms with E-state index in [1.165, 1.54) is 0 Å². The molecule has 0 bridgehead atoms. The maximum atomic E-state index is 5.46. The number of methoxy groups -OCH3 is 1. The van der Waals surface area contributed by atoms with Crippen LogP contribution in [0.25, 0.3) is 0 Å². The second kappa shape index (κ2) is 4.58. The quantitative estimate of drug-likeness (QED) is 0.847. The molecule has 0 unspecified atom stereocenters. The Kier molecular flexibility index (Phi) is 3.69. The van der Waals surface area contributed by atoms with Crippen LogP contribution in [0.1, 0.15) is 5.56 Å². The van der Waals surface area contributed by atoms with Crippen LogP contribution in [0.2, 0.25) is 0 Å². The van der Waals surface area contributed by atoms with Gasteiger partial charge in [-0.2, -0.15) is 0 Å². The Morgan fingerprint density at radius 3 is 2.85 bits per heavy atom. The van der Waals surface area contributed by atoms with Gasteiger partial charge in [0, 0.05) is 16.5 Å². The fourth-order valence-electron chi connectivity index (χ4n) is 1.07. The molecule has 0 aliphatic heterocycles. The molecule has 70 valence electrons. The van der Waals surface area contributed by atoms with Crippen molar-refractivity contribution in [2.45, 2.75) is 6.42 Å². The molecule has 0 heterocycles. The number of nitrogens with two attached hydrogens (primary N) is 1. The van der Waals surface area contributed by atoms with Gasteiger partial charge in [0.1, 0.15) is 5.75 Å². The smallest absolute Gasteiger partial charge is 0.122 e. The fraction of sp³-hybridized carbons (Fsp3) is 0.222. The molecule has 0 fully saturated rings. The molecule has 4 heteroatoms. The molecular formula is C9H10BrNOS. The molecule has 0 aromatic heterocycles. The molecule has 1 aromatic rings. The van der Waals surface area contributed by atoms with Crippen LogP contribution in [0, 0.1) is 0 Å². The molecule has 1 aromatic carbocycles. The maximum absolute atomic E-state index is 5.46. The van der Waals surface area contributed by atoms with Crippen molar-refractivity contribution in [1.29, 1.82) is 0 Å². The highest BCUT2D eigenvalue weighted by Gasteiger charge is 2.04. The molecule has 0 aliphatic carbocycles. The van der Waals surface area contributed by atoms with Gasteiger partial charge >= 0.3 is 0 Å². The minimum Gasteiger partial charge on any atom is -0.496 e. The highest BCUT2D eigenvalue weighted by Crippen LogP contribution is 2.23. The Morgan fingerprint density at radius 1 is 1.62 bits per heavy atom. The van der Waals surface area contributed by atoms with E-state index < -0.39 is 0 Å². The van der Waals surface area contributed by atoms with Gasteiger partial charge in [-0.15, -0.1) is 0 Å². The first-order valence-corrected chi connectivity index (χ1v) is 4.94. The van der Waals surface area contributed by atoms with Gasteiger partial charge in [-0.25, -0.2) is 0 Å². The summed E-state index contributed by atoms with van der Waals surface area (Å²) in [5, 5.41) is 0. The summed E-state index contributed by atoms with van der Waals surface area (Å²) in [6.45, 7) is 0. The van der Waals surface area contributed by atoms with E-state index in [4.69, 9.17) is 22.7 Å². The molecule has 0 spiro atoms. The van der Waals surface area contributed by atoms with Gasteiger partial charge in [0.25, 0.3) is 0 Å². The van der Waals surface area contributed by atoms with E-state index in [0.29, 0.717) is 11.4 Å². The molecule has 2 N–H and O–H groups in total. The van der Waals surface area contributed by atoms with Gasteiger partial charge in [0.15, 0.2) is 0 Å². The van der Waals surface area contributed by atoms with Crippen LogP contribution in [0.5, 0.6) is 5.75 Å². The largest absolute Gasteiger partial charge is 0.496 e. The van der Waals surface area contributed by atoms with Crippen molar-refractivity contribution in [2.75, 3.05) is 7.11 Å². The number of rotatable bonds is 3. The minimum absolute atomic E-state index is 0.469. The average Bonchev–Trinajstić information content (AvgIpc) is 2.03. The second-order valence-corrected chi connectivity index (χ2v) is 4.04. The van der Waals surface area contributed by atoms with E-state index in [1.54, 1.807) is 7.11 Å². The van der Waals surface area contributed by atoms with Crippen LogP contribution in [0.4, 0.5) is 0 Å². The van der Waals surface area contributed by atoms with E-state index in [9.17, 15) is 0 Å². The van der Waals surface area contributed by atoms with Crippen molar-refractivity contribution in [3.05, 3.63) is 28.2 Å². The Bertz CT molecular complexity index is 327. The lowest BCUT2D eigenvalue weighted by atomic mass is 10.1. The highest BCUT2D eigenvalue weighted by molar-refractivity contribution is 9.10. The monoisotopic (exact) mass is 259 g/mol. The predicted molar refractivity (Wildman–Crippen MR) is 61.2 cm³/mol. The Hall–Kier alpha value is -0.610. The van der Waals surface area contributed by atoms with Crippen molar-refractivity contribution in [1.82, 2.24) is 0 Å². The van der Waals surface area contributed by atoms with Crippen LogP contribution in [0.3, 0.4) is 0 Å². The zero-order valence-electron chi connectivity index (χ0n) is 7.21. The average molecular weight is 260 g/mol. The van der Waals surface area contributed by atoms with Crippen LogP contribution in [-0.2, 0) is 6.42 Å². The maximum Gasteiger partial charge on any atom is 0.122 e. The highest BCUT2D eigenvalue weighted by atomic mass is 79.9. The number of hydrogen-bond acceptors (Lipinski definition) is 2. The number of thiocarbonyl (C=S) groups is 1. The Labute approximate surface area is 91.2 Å². The van der Waals surface area contributed by atoms with Crippen molar-refractivity contribution >= 4 is 33.1 Å². The first-order valence-electron chi connectivity index (χ1n) is 3.74. The number of benzene rings is 1. The molecule has 0 radical (unpaired) electrons. The van der Waals surface area contributed by atoms with Crippen molar-refractivity contribution in [2.24, 2.45) is 5.73 Å². The van der Waals surface area contributed by atoms with Crippen molar-refractivity contribution in [3.63, 3.8) is 0 Å². The van der Waals surface area contributed by atoms with E-state index in [-0.39, 0.29) is 0 Å². The second-order valence-electron chi connectivity index (χ2n) is 2.60. The molecule has 0 saturated carbocycles. The topological polar surface area (TPSA) is 35.2 Å². The summed E-state index contributed by atoms with van der Waals surface area (Å²) in [6.07, 6.45) is 0.567. The molecule has 2 nitrogen and oxygen atoms in total. The molecule has 1 rings (SSSR count). The molecule has 0 atom stereocenters. The van der Waals surface area contributed by atoms with Crippen molar-refractivity contribution < 1.29 is 4.74 Å². The third-order valence-corrected chi connectivity index (χ3v) is 2.24. The third-order valence-electron chi connectivity index (χ3n) is 1.61. The summed E-state index contributed by atoms with van der Waals surface area (Å²) in [5.74, 6) is 0.816. The van der Waals surface area contributed by atoms with Crippen LogP contribution >= 0.6 is 28.1 Å². The lowest BCUT2D eigenvalue weighted by Gasteiger charge is -2.07. The Morgan fingerprint density at radius 2 is 2.31 bits per heavy atom. The van der Waals surface area contributed by atoms with E-state index in [1.807, 2.05) is 18.2 Å². The zero-order valence-corrected chi connectivity index (χ0v) is 9.61. The van der Waals surface area contributed by atoms with Crippen molar-refractivity contribution in [3.8, 4) is 5.75 Å². The van der Waals surface area contributed by atoms with Crippen LogP contribution in [0.15, 0.2) is 22.7 Å². The molecule has 0 aliphatic rings. The van der Waals surface area contributed by atoms with Gasteiger partial charge in [0.05, 0.1) is 12.1 Å². The summed E-state index contributed by atoms with van der Waals surface area (Å²) < 4.78 is 6.16. The first-order chi connectivity index (χ1) is 6.13. The lowest BCUT2D eigenvalue weighted by molar-refractivity contribution is 0.411. The molecule has 0 amide bonds. The van der Waals surface area contributed by atoms with Gasteiger partial charge in [-0.1, -0.05) is 28.1 Å². The lowest BCUT2D eigenvalue weighted by Crippen LogP contribution is -2.11. The molecule has 13 heavy (non-hydrogen) atoms. The van der Waals surface area contributed by atoms with Gasteiger partial charge in [-0.05, 0) is 18.2 Å². The summed E-state index contributed by atoms with van der Waals surface area (Å²) in [4.78, 5) is 0.469. The minimum atomic E-state index is 0.469. The SMILES string of the molecule is COc1ccc(Br)cc1CC(N)=S. The standard InChI is InChI=1S/C9H10BrNOS/c1-12-8-3-2-7(10)4-6(8)5-9(11)13/h2-4H,5H2,1H3,(H2,11,13). The Balaban J connectivity index is 3.01. The summed E-state index contributed by atoms with van der Waals surface area (Å²) in [5.41, 5.74) is 6.46. The fourth-order valence-corrected chi connectivity index (χ4v) is 1.64. The first kappa shape index (κ1) is 10.5. The summed E-state index contributed by atoms with van der Waals surface area (Å²) in [7, 11) is 1.63.